The lowest BCUT2D eigenvalue weighted by Crippen LogP contribution is -2.52. The van der Waals surface area contributed by atoms with Crippen LogP contribution in [-0.4, -0.2) is 44.2 Å². The van der Waals surface area contributed by atoms with E-state index in [1.165, 1.54) is 6.07 Å². The average Bonchev–Trinajstić information content (AvgIpc) is 3.00. The molecule has 0 radical (unpaired) electrons. The van der Waals surface area contributed by atoms with Gasteiger partial charge < -0.3 is 9.73 Å². The van der Waals surface area contributed by atoms with E-state index in [1.807, 2.05) is 0 Å². The number of amides is 3. The van der Waals surface area contributed by atoms with Gasteiger partial charge in [0.05, 0.1) is 11.3 Å². The first-order chi connectivity index (χ1) is 13.6. The number of hydrogen-bond acceptors (Lipinski definition) is 6. The molecule has 1 atom stereocenters. The molecule has 0 saturated carbocycles. The van der Waals surface area contributed by atoms with Crippen LogP contribution in [0.4, 0.5) is 0 Å². The molecule has 2 rings (SSSR count). The smallest absolute Gasteiger partial charge is 0.273 e. The fraction of sp³-hybridized carbons (Fsp3) is 0.316. The number of sulfone groups is 1. The lowest BCUT2D eigenvalue weighted by molar-refractivity contribution is -0.123. The van der Waals surface area contributed by atoms with Crippen molar-refractivity contribution in [3.63, 3.8) is 0 Å². The fourth-order valence-electron chi connectivity index (χ4n) is 2.56. The summed E-state index contributed by atoms with van der Waals surface area (Å²) in [6.07, 6.45) is 0.885. The third-order valence-corrected chi connectivity index (χ3v) is 5.00. The van der Waals surface area contributed by atoms with Gasteiger partial charge in [0.1, 0.15) is 27.4 Å². The lowest BCUT2D eigenvalue weighted by Gasteiger charge is -2.18. The van der Waals surface area contributed by atoms with Crippen LogP contribution in [0.2, 0.25) is 0 Å². The summed E-state index contributed by atoms with van der Waals surface area (Å²) in [5, 5.41) is 2.50. The van der Waals surface area contributed by atoms with E-state index >= 15 is 0 Å². The van der Waals surface area contributed by atoms with E-state index in [2.05, 4.69) is 16.2 Å². The van der Waals surface area contributed by atoms with E-state index in [1.54, 1.807) is 44.2 Å². The highest BCUT2D eigenvalue weighted by Gasteiger charge is 2.24. The van der Waals surface area contributed by atoms with Crippen LogP contribution in [0.3, 0.4) is 0 Å². The normalized spacial score (nSPS) is 12.1. The van der Waals surface area contributed by atoms with Gasteiger partial charge in [0.25, 0.3) is 17.7 Å². The van der Waals surface area contributed by atoms with Gasteiger partial charge in [0.15, 0.2) is 0 Å². The third kappa shape index (κ3) is 6.75. The van der Waals surface area contributed by atoms with E-state index in [0.29, 0.717) is 17.1 Å². The third-order valence-electron chi connectivity index (χ3n) is 4.02. The summed E-state index contributed by atoms with van der Waals surface area (Å²) < 4.78 is 28.2. The Hall–Kier alpha value is -3.14. The van der Waals surface area contributed by atoms with Crippen LogP contribution in [-0.2, 0) is 14.6 Å². The second-order valence-corrected chi connectivity index (χ2v) is 8.84. The highest BCUT2D eigenvalue weighted by Crippen LogP contribution is 2.13. The van der Waals surface area contributed by atoms with Gasteiger partial charge in [-0.2, -0.15) is 0 Å². The number of carbonyl (C=O) groups excluding carboxylic acids is 3. The highest BCUT2D eigenvalue weighted by molar-refractivity contribution is 7.90. The van der Waals surface area contributed by atoms with Gasteiger partial charge in [-0.1, -0.05) is 18.2 Å². The molecular formula is C19H23N3O6S. The Morgan fingerprint density at radius 1 is 1.03 bits per heavy atom. The molecule has 1 aromatic heterocycles. The maximum atomic E-state index is 12.5. The summed E-state index contributed by atoms with van der Waals surface area (Å²) in [5.41, 5.74) is 5.04. The summed E-state index contributed by atoms with van der Waals surface area (Å²) in [7, 11) is -3.36. The molecule has 0 saturated heterocycles. The highest BCUT2D eigenvalue weighted by atomic mass is 32.2. The molecule has 9 nitrogen and oxygen atoms in total. The summed E-state index contributed by atoms with van der Waals surface area (Å²) in [5.74, 6) is -1.26. The molecule has 3 amide bonds. The average molecular weight is 421 g/mol. The van der Waals surface area contributed by atoms with Crippen molar-refractivity contribution >= 4 is 27.6 Å². The lowest BCUT2D eigenvalue weighted by atomic mass is 10.1. The molecule has 0 fully saturated rings. The molecular weight excluding hydrogens is 398 g/mol. The maximum absolute atomic E-state index is 12.5. The summed E-state index contributed by atoms with van der Waals surface area (Å²) in [6.45, 7) is 3.29. The SMILES string of the molecule is Cc1cc(C(=O)NNC(=O)[C@@H](CCS(C)(=O)=O)NC(=O)c2ccccc2)c(C)o1. The number of nitrogens with one attached hydrogen (secondary N) is 3. The van der Waals surface area contributed by atoms with Gasteiger partial charge in [-0.05, 0) is 38.5 Å². The van der Waals surface area contributed by atoms with Gasteiger partial charge in [-0.3, -0.25) is 25.2 Å². The molecule has 0 aliphatic rings. The summed E-state index contributed by atoms with van der Waals surface area (Å²) in [4.78, 5) is 37.0. The van der Waals surface area contributed by atoms with Crippen LogP contribution in [0.1, 0.15) is 38.7 Å². The molecule has 1 aromatic carbocycles. The molecule has 10 heteroatoms. The van der Waals surface area contributed by atoms with E-state index in [4.69, 9.17) is 4.42 Å². The van der Waals surface area contributed by atoms with Gasteiger partial charge in [-0.25, -0.2) is 8.42 Å². The van der Waals surface area contributed by atoms with E-state index in [0.717, 1.165) is 6.26 Å². The quantitative estimate of drug-likeness (QED) is 0.569. The van der Waals surface area contributed by atoms with Crippen molar-refractivity contribution in [1.82, 2.24) is 16.2 Å². The van der Waals surface area contributed by atoms with E-state index < -0.39 is 33.6 Å². The molecule has 2 aromatic rings. The van der Waals surface area contributed by atoms with Crippen molar-refractivity contribution in [2.45, 2.75) is 26.3 Å². The number of carbonyl (C=O) groups is 3. The van der Waals surface area contributed by atoms with Crippen LogP contribution in [0.25, 0.3) is 0 Å². The second kappa shape index (κ2) is 9.37. The van der Waals surface area contributed by atoms with Crippen molar-refractivity contribution < 1.29 is 27.2 Å². The Labute approximate surface area is 168 Å². The number of hydrogen-bond donors (Lipinski definition) is 3. The van der Waals surface area contributed by atoms with E-state index in [9.17, 15) is 22.8 Å². The number of rotatable bonds is 7. The van der Waals surface area contributed by atoms with Crippen LogP contribution in [0.15, 0.2) is 40.8 Å². The Bertz CT molecular complexity index is 998. The predicted octanol–water partition coefficient (Wildman–Crippen LogP) is 0.891. The minimum absolute atomic E-state index is 0.150. The molecule has 156 valence electrons. The van der Waals surface area contributed by atoms with Crippen molar-refractivity contribution in [2.24, 2.45) is 0 Å². The Kier molecular flexibility index (Phi) is 7.16. The monoisotopic (exact) mass is 421 g/mol. The largest absolute Gasteiger partial charge is 0.466 e. The molecule has 0 spiro atoms. The van der Waals surface area contributed by atoms with E-state index in [-0.39, 0.29) is 17.7 Å². The topological polar surface area (TPSA) is 135 Å². The van der Waals surface area contributed by atoms with Crippen LogP contribution in [0.5, 0.6) is 0 Å². The number of hydrazine groups is 1. The second-order valence-electron chi connectivity index (χ2n) is 6.58. The van der Waals surface area contributed by atoms with Gasteiger partial charge >= 0.3 is 0 Å². The zero-order valence-electron chi connectivity index (χ0n) is 16.3. The van der Waals surface area contributed by atoms with Crippen molar-refractivity contribution in [3.8, 4) is 0 Å². The number of furan rings is 1. The van der Waals surface area contributed by atoms with Crippen molar-refractivity contribution in [2.75, 3.05) is 12.0 Å². The first-order valence-electron chi connectivity index (χ1n) is 8.77. The first kappa shape index (κ1) is 22.2. The minimum atomic E-state index is -3.36. The molecule has 0 bridgehead atoms. The zero-order chi connectivity index (χ0) is 21.6. The number of benzene rings is 1. The van der Waals surface area contributed by atoms with Crippen molar-refractivity contribution in [1.29, 1.82) is 0 Å². The minimum Gasteiger partial charge on any atom is -0.466 e. The Morgan fingerprint density at radius 2 is 1.69 bits per heavy atom. The van der Waals surface area contributed by atoms with Gasteiger partial charge in [0.2, 0.25) is 0 Å². The maximum Gasteiger partial charge on any atom is 0.273 e. The molecule has 1 heterocycles. The molecule has 0 aliphatic carbocycles. The van der Waals surface area contributed by atoms with Crippen molar-refractivity contribution in [3.05, 3.63) is 59.0 Å². The standard InChI is InChI=1S/C19H23N3O6S/c1-12-11-15(13(2)28-12)18(24)21-22-19(25)16(9-10-29(3,26)27)20-17(23)14-7-5-4-6-8-14/h4-8,11,16H,9-10H2,1-3H3,(H,20,23)(H,21,24)(H,22,25)/t16-/m1/s1. The Balaban J connectivity index is 2.06. The summed E-state index contributed by atoms with van der Waals surface area (Å²) in [6, 6.07) is 8.55. The fourth-order valence-corrected chi connectivity index (χ4v) is 3.22. The molecule has 29 heavy (non-hydrogen) atoms. The Morgan fingerprint density at radius 3 is 2.24 bits per heavy atom. The van der Waals surface area contributed by atoms with Crippen LogP contribution in [0, 0.1) is 13.8 Å². The predicted molar refractivity (Wildman–Crippen MR) is 106 cm³/mol. The first-order valence-corrected chi connectivity index (χ1v) is 10.8. The number of aryl methyl sites for hydroxylation is 2. The zero-order valence-corrected chi connectivity index (χ0v) is 17.1. The van der Waals surface area contributed by atoms with Crippen LogP contribution < -0.4 is 16.2 Å². The van der Waals surface area contributed by atoms with Gasteiger partial charge in [0, 0.05) is 11.8 Å². The molecule has 3 N–H and O–H groups in total. The molecule has 0 aliphatic heterocycles. The molecule has 0 unspecified atom stereocenters. The van der Waals surface area contributed by atoms with Gasteiger partial charge in [-0.15, -0.1) is 0 Å². The van der Waals surface area contributed by atoms with Crippen LogP contribution >= 0.6 is 0 Å². The summed E-state index contributed by atoms with van der Waals surface area (Å²) >= 11 is 0.